The van der Waals surface area contributed by atoms with Gasteiger partial charge in [-0.1, -0.05) is 0 Å². The van der Waals surface area contributed by atoms with Crippen LogP contribution in [-0.4, -0.2) is 72.3 Å². The predicted octanol–water partition coefficient (Wildman–Crippen LogP) is 2.27. The maximum atomic E-state index is 13.1. The van der Waals surface area contributed by atoms with Gasteiger partial charge < -0.3 is 10.2 Å². The highest BCUT2D eigenvalue weighted by Gasteiger charge is 2.49. The largest absolute Gasteiger partial charge is 0.366 e. The van der Waals surface area contributed by atoms with Gasteiger partial charge in [-0.3, -0.25) is 0 Å². The molecule has 12 heteroatoms. The molecule has 0 fully saturated rings. The molecule has 0 aliphatic heterocycles. The minimum atomic E-state index is -4.08. The highest BCUT2D eigenvalue weighted by Crippen LogP contribution is 2.29. The van der Waals surface area contributed by atoms with Crippen molar-refractivity contribution in [2.24, 2.45) is 0 Å². The van der Waals surface area contributed by atoms with Crippen molar-refractivity contribution in [3.05, 3.63) is 0 Å². The molecular weight excluding hydrogens is 342 g/mol. The van der Waals surface area contributed by atoms with Gasteiger partial charge in [0.15, 0.2) is 55.7 Å². The Morgan fingerprint density at radius 1 is 0.364 bits per heavy atom. The highest BCUT2D eigenvalue weighted by molar-refractivity contribution is 4.93. The van der Waals surface area contributed by atoms with Crippen LogP contribution in [0.3, 0.4) is 0 Å². The van der Waals surface area contributed by atoms with Crippen molar-refractivity contribution in [3.63, 3.8) is 0 Å². The Bertz CT molecular complexity index is 290. The first kappa shape index (κ1) is 21.2. The lowest BCUT2D eigenvalue weighted by Gasteiger charge is -2.26. The minimum absolute atomic E-state index is 3.11. The number of halogens is 10. The summed E-state index contributed by atoms with van der Waals surface area (Å²) in [4.78, 5) is 0. The van der Waals surface area contributed by atoms with Gasteiger partial charge in [0.25, 0.3) is 6.43 Å². The summed E-state index contributed by atoms with van der Waals surface area (Å²) >= 11 is 0. The van der Waals surface area contributed by atoms with Crippen LogP contribution in [0, 0.1) is 0 Å². The standard InChI is InChI=1S/C10H12F10O2/c11-1(3(13)5(15)7(17)9(19)20)2(12)4(14)6(16)8(18)10(21)22/h1-10,21-22H. The summed E-state index contributed by atoms with van der Waals surface area (Å²) in [6.45, 7) is 0. The Kier molecular flexibility index (Phi) is 8.44. The van der Waals surface area contributed by atoms with Crippen LogP contribution in [0.15, 0.2) is 0 Å². The van der Waals surface area contributed by atoms with Gasteiger partial charge in [-0.2, -0.15) is 0 Å². The molecule has 0 spiro atoms. The van der Waals surface area contributed by atoms with Crippen LogP contribution < -0.4 is 0 Å². The Morgan fingerprint density at radius 2 is 0.591 bits per heavy atom. The number of aliphatic hydroxyl groups excluding tert-OH is 1. The van der Waals surface area contributed by atoms with Gasteiger partial charge in [-0.25, -0.2) is 43.9 Å². The molecule has 0 aliphatic carbocycles. The molecule has 0 aliphatic rings. The van der Waals surface area contributed by atoms with Gasteiger partial charge >= 0.3 is 0 Å². The van der Waals surface area contributed by atoms with Crippen LogP contribution in [0.4, 0.5) is 43.9 Å². The smallest absolute Gasteiger partial charge is 0.272 e. The second-order valence-electron chi connectivity index (χ2n) is 4.30. The monoisotopic (exact) mass is 354 g/mol. The van der Waals surface area contributed by atoms with Crippen LogP contribution >= 0.6 is 0 Å². The molecule has 22 heavy (non-hydrogen) atoms. The summed E-state index contributed by atoms with van der Waals surface area (Å²) in [6, 6.07) is 0. The van der Waals surface area contributed by atoms with E-state index in [0.717, 1.165) is 0 Å². The van der Waals surface area contributed by atoms with E-state index in [4.69, 9.17) is 10.2 Å². The molecule has 0 aromatic rings. The van der Waals surface area contributed by atoms with Crippen LogP contribution in [0.25, 0.3) is 0 Å². The quantitative estimate of drug-likeness (QED) is 0.493. The van der Waals surface area contributed by atoms with E-state index < -0.39 is 62.1 Å². The third kappa shape index (κ3) is 5.14. The van der Waals surface area contributed by atoms with Gasteiger partial charge in [0.05, 0.1) is 0 Å². The van der Waals surface area contributed by atoms with Crippen molar-refractivity contribution in [2.75, 3.05) is 0 Å². The zero-order valence-electron chi connectivity index (χ0n) is 10.4. The molecule has 0 rings (SSSR count). The minimum Gasteiger partial charge on any atom is -0.366 e. The molecule has 0 heterocycles. The molecule has 0 radical (unpaired) electrons. The first-order chi connectivity index (χ1) is 9.93. The fourth-order valence-corrected chi connectivity index (χ4v) is 1.36. The zero-order chi connectivity index (χ0) is 17.8. The second kappa shape index (κ2) is 8.75. The molecule has 0 bridgehead atoms. The summed E-state index contributed by atoms with van der Waals surface area (Å²) in [7, 11) is 0. The molecule has 8 atom stereocenters. The number of hydrogen-bond acceptors (Lipinski definition) is 2. The Morgan fingerprint density at radius 3 is 0.818 bits per heavy atom. The molecule has 0 saturated carbocycles. The van der Waals surface area contributed by atoms with Crippen LogP contribution in [0.1, 0.15) is 0 Å². The van der Waals surface area contributed by atoms with Gasteiger partial charge in [-0.05, 0) is 0 Å². The van der Waals surface area contributed by atoms with Crippen molar-refractivity contribution < 1.29 is 54.1 Å². The summed E-state index contributed by atoms with van der Waals surface area (Å²) in [5.41, 5.74) is 0. The Hall–Kier alpha value is -0.780. The summed E-state index contributed by atoms with van der Waals surface area (Å²) < 4.78 is 127. The van der Waals surface area contributed by atoms with Crippen molar-refractivity contribution in [3.8, 4) is 0 Å². The van der Waals surface area contributed by atoms with E-state index in [2.05, 4.69) is 0 Å². The van der Waals surface area contributed by atoms with Crippen LogP contribution in [0.5, 0.6) is 0 Å². The fraction of sp³-hybridized carbons (Fsp3) is 1.00. The number of alkyl halides is 10. The van der Waals surface area contributed by atoms with E-state index in [0.29, 0.717) is 0 Å². The summed E-state index contributed by atoms with van der Waals surface area (Å²) in [5, 5.41) is 16.4. The lowest BCUT2D eigenvalue weighted by Crippen LogP contribution is -2.49. The van der Waals surface area contributed by atoms with Gasteiger partial charge in [0.2, 0.25) is 0 Å². The molecule has 8 unspecified atom stereocenters. The van der Waals surface area contributed by atoms with Gasteiger partial charge in [0, 0.05) is 0 Å². The average molecular weight is 354 g/mol. The molecule has 0 aromatic heterocycles. The van der Waals surface area contributed by atoms with E-state index >= 15 is 0 Å². The first-order valence-electron chi connectivity index (χ1n) is 5.70. The third-order valence-electron chi connectivity index (χ3n) is 2.65. The molecular formula is C10H12F10O2. The van der Waals surface area contributed by atoms with E-state index in [-0.39, 0.29) is 0 Å². The summed E-state index contributed by atoms with van der Waals surface area (Å²) in [5.74, 6) is 0. The Labute approximate surface area is 117 Å². The molecule has 0 aromatic carbocycles. The van der Waals surface area contributed by atoms with E-state index in [1.807, 2.05) is 0 Å². The topological polar surface area (TPSA) is 40.5 Å². The first-order valence-corrected chi connectivity index (χ1v) is 5.70. The SMILES string of the molecule is OC(O)C(F)C(F)C(F)C(F)C(F)C(F)C(F)C(F)C(F)F. The molecule has 0 saturated heterocycles. The van der Waals surface area contributed by atoms with E-state index in [9.17, 15) is 43.9 Å². The predicted molar refractivity (Wildman–Crippen MR) is 53.4 cm³/mol. The van der Waals surface area contributed by atoms with Gasteiger partial charge in [0.1, 0.15) is 0 Å². The summed E-state index contributed by atoms with van der Waals surface area (Å²) in [6.07, 6.45) is -37.6. The number of rotatable bonds is 9. The van der Waals surface area contributed by atoms with Crippen molar-refractivity contribution in [1.82, 2.24) is 0 Å². The van der Waals surface area contributed by atoms with Crippen LogP contribution in [0.2, 0.25) is 0 Å². The normalized spacial score (nSPS) is 23.7. The third-order valence-corrected chi connectivity index (χ3v) is 2.65. The van der Waals surface area contributed by atoms with Crippen molar-refractivity contribution in [2.45, 2.75) is 62.1 Å². The van der Waals surface area contributed by atoms with E-state index in [1.54, 1.807) is 0 Å². The second-order valence-corrected chi connectivity index (χ2v) is 4.30. The molecule has 2 nitrogen and oxygen atoms in total. The average Bonchev–Trinajstić information content (AvgIpc) is 2.48. The number of aliphatic hydroxyl groups is 2. The van der Waals surface area contributed by atoms with Crippen molar-refractivity contribution in [1.29, 1.82) is 0 Å². The lowest BCUT2D eigenvalue weighted by molar-refractivity contribution is -0.134. The molecule has 134 valence electrons. The molecule has 0 amide bonds. The fourth-order valence-electron chi connectivity index (χ4n) is 1.36. The van der Waals surface area contributed by atoms with Crippen molar-refractivity contribution >= 4 is 0 Å². The maximum Gasteiger partial charge on any atom is 0.272 e. The highest BCUT2D eigenvalue weighted by atomic mass is 19.3. The number of hydrogen-bond donors (Lipinski definition) is 2. The van der Waals surface area contributed by atoms with Crippen LogP contribution in [-0.2, 0) is 0 Å². The molecule has 2 N–H and O–H groups in total. The Balaban J connectivity index is 4.86. The lowest BCUT2D eigenvalue weighted by atomic mass is 9.98. The maximum absolute atomic E-state index is 13.1. The zero-order valence-corrected chi connectivity index (χ0v) is 10.4. The van der Waals surface area contributed by atoms with E-state index in [1.165, 1.54) is 0 Å². The van der Waals surface area contributed by atoms with Gasteiger partial charge in [-0.15, -0.1) is 0 Å².